The molecule has 0 heterocycles. The van der Waals surface area contributed by atoms with E-state index in [4.69, 9.17) is 16.7 Å². The van der Waals surface area contributed by atoms with Crippen molar-refractivity contribution in [1.29, 1.82) is 0 Å². The molecule has 1 rings (SSSR count). The number of benzene rings is 1. The molecule has 0 saturated carbocycles. The maximum absolute atomic E-state index is 11.6. The van der Waals surface area contributed by atoms with Crippen LogP contribution in [-0.2, 0) is 9.84 Å². The molecule has 0 aromatic heterocycles. The van der Waals surface area contributed by atoms with E-state index >= 15 is 0 Å². The molecular weight excluding hydrogens is 224 g/mol. The molecule has 1 aromatic carbocycles. The summed E-state index contributed by atoms with van der Waals surface area (Å²) in [5.41, 5.74) is 0. The van der Waals surface area contributed by atoms with Gasteiger partial charge in [0.05, 0.1) is 10.6 Å². The highest BCUT2D eigenvalue weighted by Crippen LogP contribution is 2.17. The minimum absolute atomic E-state index is 0.0138. The SMILES string of the molecule is O=S(=O)(CCCCl)c1cccc(O)c1. The molecule has 0 spiro atoms. The van der Waals surface area contributed by atoms with Gasteiger partial charge in [0.1, 0.15) is 5.75 Å². The number of phenolic OH excluding ortho intramolecular Hbond substituents is 1. The van der Waals surface area contributed by atoms with Gasteiger partial charge in [-0.3, -0.25) is 0 Å². The zero-order chi connectivity index (χ0) is 10.6. The normalized spacial score (nSPS) is 11.5. The van der Waals surface area contributed by atoms with Crippen molar-refractivity contribution in [2.24, 2.45) is 0 Å². The van der Waals surface area contributed by atoms with Crippen LogP contribution in [0.4, 0.5) is 0 Å². The molecule has 0 fully saturated rings. The largest absolute Gasteiger partial charge is 0.508 e. The lowest BCUT2D eigenvalue weighted by Gasteiger charge is -2.02. The molecule has 0 radical (unpaired) electrons. The third-order valence-corrected chi connectivity index (χ3v) is 3.79. The fraction of sp³-hybridized carbons (Fsp3) is 0.333. The standard InChI is InChI=1S/C9H11ClO3S/c10-5-2-6-14(12,13)9-4-1-3-8(11)7-9/h1,3-4,7,11H,2,5-6H2. The minimum atomic E-state index is -3.29. The van der Waals surface area contributed by atoms with Gasteiger partial charge in [0.2, 0.25) is 0 Å². The Morgan fingerprint density at radius 3 is 2.64 bits per heavy atom. The second-order valence-electron chi connectivity index (χ2n) is 2.86. The van der Waals surface area contributed by atoms with Gasteiger partial charge in [0.15, 0.2) is 9.84 Å². The van der Waals surface area contributed by atoms with E-state index in [-0.39, 0.29) is 16.4 Å². The van der Waals surface area contributed by atoms with Crippen molar-refractivity contribution in [1.82, 2.24) is 0 Å². The summed E-state index contributed by atoms with van der Waals surface area (Å²) in [5, 5.41) is 9.11. The van der Waals surface area contributed by atoms with Crippen molar-refractivity contribution in [2.75, 3.05) is 11.6 Å². The van der Waals surface area contributed by atoms with E-state index in [1.54, 1.807) is 0 Å². The Hall–Kier alpha value is -0.740. The van der Waals surface area contributed by atoms with Crippen LogP contribution >= 0.6 is 11.6 Å². The van der Waals surface area contributed by atoms with Gasteiger partial charge in [-0.2, -0.15) is 0 Å². The summed E-state index contributed by atoms with van der Waals surface area (Å²) in [7, 11) is -3.29. The first kappa shape index (κ1) is 11.3. The highest BCUT2D eigenvalue weighted by molar-refractivity contribution is 7.91. The van der Waals surface area contributed by atoms with Gasteiger partial charge in [-0.25, -0.2) is 8.42 Å². The van der Waals surface area contributed by atoms with E-state index in [1.165, 1.54) is 24.3 Å². The quantitative estimate of drug-likeness (QED) is 0.809. The fourth-order valence-electron chi connectivity index (χ4n) is 1.04. The minimum Gasteiger partial charge on any atom is -0.508 e. The Morgan fingerprint density at radius 2 is 2.07 bits per heavy atom. The first-order chi connectivity index (χ1) is 6.56. The fourth-order valence-corrected chi connectivity index (χ4v) is 2.68. The summed E-state index contributed by atoms with van der Waals surface area (Å²) >= 11 is 5.41. The van der Waals surface area contributed by atoms with Gasteiger partial charge in [-0.1, -0.05) is 6.07 Å². The van der Waals surface area contributed by atoms with Crippen molar-refractivity contribution >= 4 is 21.4 Å². The first-order valence-electron chi connectivity index (χ1n) is 4.14. The summed E-state index contributed by atoms with van der Waals surface area (Å²) < 4.78 is 23.1. The van der Waals surface area contributed by atoms with Gasteiger partial charge in [-0.05, 0) is 24.6 Å². The lowest BCUT2D eigenvalue weighted by Crippen LogP contribution is -2.06. The van der Waals surface area contributed by atoms with E-state index < -0.39 is 9.84 Å². The Bertz CT molecular complexity index is 400. The topological polar surface area (TPSA) is 54.4 Å². The van der Waals surface area contributed by atoms with Crippen LogP contribution in [0.1, 0.15) is 6.42 Å². The molecule has 0 atom stereocenters. The number of rotatable bonds is 4. The summed E-state index contributed by atoms with van der Waals surface area (Å²) in [6, 6.07) is 5.64. The zero-order valence-electron chi connectivity index (χ0n) is 7.48. The lowest BCUT2D eigenvalue weighted by molar-refractivity contribution is 0.473. The van der Waals surface area contributed by atoms with Crippen LogP contribution in [0, 0.1) is 0 Å². The number of aromatic hydroxyl groups is 1. The number of alkyl halides is 1. The van der Waals surface area contributed by atoms with Crippen molar-refractivity contribution in [2.45, 2.75) is 11.3 Å². The number of hydrogen-bond acceptors (Lipinski definition) is 3. The molecule has 14 heavy (non-hydrogen) atoms. The van der Waals surface area contributed by atoms with E-state index in [0.717, 1.165) is 0 Å². The van der Waals surface area contributed by atoms with Crippen molar-refractivity contribution in [3.8, 4) is 5.75 Å². The predicted molar refractivity (Wildman–Crippen MR) is 55.5 cm³/mol. The van der Waals surface area contributed by atoms with Gasteiger partial charge < -0.3 is 5.11 Å². The molecule has 0 saturated heterocycles. The molecule has 78 valence electrons. The average molecular weight is 235 g/mol. The van der Waals surface area contributed by atoms with Crippen LogP contribution in [0.25, 0.3) is 0 Å². The van der Waals surface area contributed by atoms with E-state index in [0.29, 0.717) is 12.3 Å². The van der Waals surface area contributed by atoms with Crippen molar-refractivity contribution in [3.63, 3.8) is 0 Å². The Kier molecular flexibility index (Phi) is 3.77. The lowest BCUT2D eigenvalue weighted by atomic mass is 10.3. The van der Waals surface area contributed by atoms with Gasteiger partial charge in [0, 0.05) is 5.88 Å². The summed E-state index contributed by atoms with van der Waals surface area (Å²) in [5.74, 6) is 0.287. The predicted octanol–water partition coefficient (Wildman–Crippen LogP) is 1.79. The smallest absolute Gasteiger partial charge is 0.178 e. The van der Waals surface area contributed by atoms with Crippen molar-refractivity contribution < 1.29 is 13.5 Å². The maximum atomic E-state index is 11.6. The van der Waals surface area contributed by atoms with Crippen LogP contribution in [0.2, 0.25) is 0 Å². The van der Waals surface area contributed by atoms with Gasteiger partial charge in [0.25, 0.3) is 0 Å². The number of halogens is 1. The molecule has 0 aliphatic heterocycles. The molecule has 0 unspecified atom stereocenters. The number of phenols is 1. The molecule has 5 heteroatoms. The molecule has 1 aromatic rings. The Labute approximate surface area is 88.2 Å². The second-order valence-corrected chi connectivity index (χ2v) is 5.35. The molecular formula is C9H11ClO3S. The molecule has 3 nitrogen and oxygen atoms in total. The van der Waals surface area contributed by atoms with E-state index in [9.17, 15) is 8.42 Å². The second kappa shape index (κ2) is 4.66. The summed E-state index contributed by atoms with van der Waals surface area (Å²) in [6.45, 7) is 0. The number of sulfone groups is 1. The van der Waals surface area contributed by atoms with E-state index in [2.05, 4.69) is 0 Å². The van der Waals surface area contributed by atoms with Crippen LogP contribution in [0.15, 0.2) is 29.2 Å². The van der Waals surface area contributed by atoms with Gasteiger partial charge >= 0.3 is 0 Å². The monoisotopic (exact) mass is 234 g/mol. The first-order valence-corrected chi connectivity index (χ1v) is 6.33. The van der Waals surface area contributed by atoms with Crippen LogP contribution < -0.4 is 0 Å². The highest BCUT2D eigenvalue weighted by Gasteiger charge is 2.13. The van der Waals surface area contributed by atoms with Crippen molar-refractivity contribution in [3.05, 3.63) is 24.3 Å². The summed E-state index contributed by atoms with van der Waals surface area (Å²) in [4.78, 5) is 0.141. The maximum Gasteiger partial charge on any atom is 0.178 e. The van der Waals surface area contributed by atoms with E-state index in [1.807, 2.05) is 0 Å². The third-order valence-electron chi connectivity index (χ3n) is 1.72. The third kappa shape index (κ3) is 2.89. The molecule has 0 aliphatic rings. The Balaban J connectivity index is 2.93. The molecule has 1 N–H and O–H groups in total. The van der Waals surface area contributed by atoms with Crippen LogP contribution in [0.3, 0.4) is 0 Å². The zero-order valence-corrected chi connectivity index (χ0v) is 9.05. The molecule has 0 amide bonds. The average Bonchev–Trinajstić information content (AvgIpc) is 2.15. The molecule has 0 aliphatic carbocycles. The van der Waals surface area contributed by atoms with Crippen LogP contribution in [0.5, 0.6) is 5.75 Å². The summed E-state index contributed by atoms with van der Waals surface area (Å²) in [6.07, 6.45) is 0.416. The number of hydrogen-bond donors (Lipinski definition) is 1. The van der Waals surface area contributed by atoms with Gasteiger partial charge in [-0.15, -0.1) is 11.6 Å². The highest BCUT2D eigenvalue weighted by atomic mass is 35.5. The molecule has 0 bridgehead atoms. The van der Waals surface area contributed by atoms with Crippen LogP contribution in [-0.4, -0.2) is 25.2 Å². The Morgan fingerprint density at radius 1 is 1.36 bits per heavy atom.